The maximum atomic E-state index is 12.0. The maximum absolute atomic E-state index is 12.0. The standard InChI is InChI=1S/C23H24BrN3OS/c1-16-7-9-22(10-8-16)27-17(2)11-20(18(27)3)13-25-26-23(28)15-29-14-19-5-4-6-21(24)12-19/h4-13H,14-15H2,1-3H3,(H,26,28). The van der Waals surface area contributed by atoms with Gasteiger partial charge in [0.05, 0.1) is 12.0 Å². The minimum atomic E-state index is -0.103. The number of hydrogen-bond acceptors (Lipinski definition) is 3. The van der Waals surface area contributed by atoms with Gasteiger partial charge in [-0.3, -0.25) is 4.79 Å². The zero-order valence-corrected chi connectivity index (χ0v) is 19.2. The van der Waals surface area contributed by atoms with Crippen LogP contribution < -0.4 is 5.43 Å². The van der Waals surface area contributed by atoms with Crippen molar-refractivity contribution in [1.29, 1.82) is 0 Å². The van der Waals surface area contributed by atoms with Crippen molar-refractivity contribution in [3.63, 3.8) is 0 Å². The van der Waals surface area contributed by atoms with Gasteiger partial charge in [0.1, 0.15) is 0 Å². The van der Waals surface area contributed by atoms with Gasteiger partial charge in [-0.05, 0) is 56.7 Å². The molecule has 2 aromatic carbocycles. The highest BCUT2D eigenvalue weighted by Gasteiger charge is 2.09. The van der Waals surface area contributed by atoms with E-state index in [1.165, 1.54) is 11.1 Å². The first-order valence-corrected chi connectivity index (χ1v) is 11.3. The Morgan fingerprint density at radius 1 is 1.14 bits per heavy atom. The Hall–Kier alpha value is -2.31. The second-order valence-corrected chi connectivity index (χ2v) is 8.81. The van der Waals surface area contributed by atoms with Crippen LogP contribution in [0.1, 0.15) is 28.1 Å². The highest BCUT2D eigenvalue weighted by atomic mass is 79.9. The zero-order valence-electron chi connectivity index (χ0n) is 16.8. The van der Waals surface area contributed by atoms with Crippen LogP contribution in [-0.4, -0.2) is 22.4 Å². The van der Waals surface area contributed by atoms with E-state index in [2.05, 4.69) is 94.3 Å². The minimum absolute atomic E-state index is 0.103. The Morgan fingerprint density at radius 2 is 1.90 bits per heavy atom. The number of hydrogen-bond donors (Lipinski definition) is 1. The summed E-state index contributed by atoms with van der Waals surface area (Å²) in [7, 11) is 0. The topological polar surface area (TPSA) is 46.4 Å². The van der Waals surface area contributed by atoms with Crippen molar-refractivity contribution in [3.05, 3.63) is 87.1 Å². The molecule has 0 radical (unpaired) electrons. The number of aromatic nitrogens is 1. The molecule has 0 saturated carbocycles. The van der Waals surface area contributed by atoms with Gasteiger partial charge in [0, 0.05) is 32.9 Å². The van der Waals surface area contributed by atoms with Crippen LogP contribution in [0.25, 0.3) is 5.69 Å². The first-order valence-electron chi connectivity index (χ1n) is 9.34. The molecule has 3 aromatic rings. The van der Waals surface area contributed by atoms with Crippen LogP contribution in [0.3, 0.4) is 0 Å². The summed E-state index contributed by atoms with van der Waals surface area (Å²) in [5.74, 6) is 1.05. The van der Waals surface area contributed by atoms with E-state index in [1.807, 2.05) is 12.1 Å². The van der Waals surface area contributed by atoms with Crippen LogP contribution in [0.5, 0.6) is 0 Å². The highest BCUT2D eigenvalue weighted by Crippen LogP contribution is 2.20. The molecule has 6 heteroatoms. The van der Waals surface area contributed by atoms with Crippen LogP contribution in [0.2, 0.25) is 0 Å². The largest absolute Gasteiger partial charge is 0.318 e. The second kappa shape index (κ2) is 9.94. The SMILES string of the molecule is Cc1ccc(-n2c(C)cc(C=NNC(=O)CSCc3cccc(Br)c3)c2C)cc1. The van der Waals surface area contributed by atoms with E-state index < -0.39 is 0 Å². The van der Waals surface area contributed by atoms with Gasteiger partial charge in [0.15, 0.2) is 0 Å². The highest BCUT2D eigenvalue weighted by molar-refractivity contribution is 9.10. The number of amides is 1. The number of carbonyl (C=O) groups is 1. The van der Waals surface area contributed by atoms with Gasteiger partial charge >= 0.3 is 0 Å². The van der Waals surface area contributed by atoms with Crippen LogP contribution in [0, 0.1) is 20.8 Å². The van der Waals surface area contributed by atoms with Crippen LogP contribution in [-0.2, 0) is 10.5 Å². The Balaban J connectivity index is 1.55. The predicted octanol–water partition coefficient (Wildman–Crippen LogP) is 5.55. The zero-order chi connectivity index (χ0) is 20.8. The monoisotopic (exact) mass is 469 g/mol. The van der Waals surface area contributed by atoms with Gasteiger partial charge < -0.3 is 4.57 Å². The molecule has 150 valence electrons. The summed E-state index contributed by atoms with van der Waals surface area (Å²) < 4.78 is 3.24. The van der Waals surface area contributed by atoms with Crippen molar-refractivity contribution in [2.75, 3.05) is 5.75 Å². The fourth-order valence-corrected chi connectivity index (χ4v) is 4.32. The summed E-state index contributed by atoms with van der Waals surface area (Å²) >= 11 is 5.03. The fraction of sp³-hybridized carbons (Fsp3) is 0.217. The summed E-state index contributed by atoms with van der Waals surface area (Å²) in [5, 5.41) is 4.15. The molecular formula is C23H24BrN3OS. The van der Waals surface area contributed by atoms with Crippen molar-refractivity contribution in [3.8, 4) is 5.69 Å². The van der Waals surface area contributed by atoms with E-state index >= 15 is 0 Å². The summed E-state index contributed by atoms with van der Waals surface area (Å²) in [6, 6.07) is 18.6. The van der Waals surface area contributed by atoms with Crippen molar-refractivity contribution in [2.24, 2.45) is 5.10 Å². The number of carbonyl (C=O) groups excluding carboxylic acids is 1. The van der Waals surface area contributed by atoms with Gasteiger partial charge in [0.25, 0.3) is 0 Å². The summed E-state index contributed by atoms with van der Waals surface area (Å²) in [6.45, 7) is 6.21. The molecule has 0 aliphatic heterocycles. The van der Waals surface area contributed by atoms with Gasteiger partial charge in [-0.1, -0.05) is 45.8 Å². The Morgan fingerprint density at radius 3 is 2.62 bits per heavy atom. The van der Waals surface area contributed by atoms with E-state index in [0.717, 1.165) is 32.9 Å². The molecule has 29 heavy (non-hydrogen) atoms. The third-order valence-electron chi connectivity index (χ3n) is 4.55. The van der Waals surface area contributed by atoms with Crippen molar-refractivity contribution in [1.82, 2.24) is 9.99 Å². The lowest BCUT2D eigenvalue weighted by atomic mass is 10.2. The van der Waals surface area contributed by atoms with Gasteiger partial charge in [-0.2, -0.15) is 5.10 Å². The molecule has 0 bridgehead atoms. The molecule has 0 fully saturated rings. The summed E-state index contributed by atoms with van der Waals surface area (Å²) in [4.78, 5) is 12.0. The van der Waals surface area contributed by atoms with Crippen LogP contribution in [0.15, 0.2) is 64.2 Å². The van der Waals surface area contributed by atoms with E-state index in [1.54, 1.807) is 18.0 Å². The van der Waals surface area contributed by atoms with E-state index in [9.17, 15) is 4.79 Å². The smallest absolute Gasteiger partial charge is 0.250 e. The van der Waals surface area contributed by atoms with E-state index in [-0.39, 0.29) is 5.91 Å². The molecule has 0 aliphatic rings. The third kappa shape index (κ3) is 5.84. The molecule has 4 nitrogen and oxygen atoms in total. The number of nitrogens with one attached hydrogen (secondary N) is 1. The quantitative estimate of drug-likeness (QED) is 0.364. The first-order chi connectivity index (χ1) is 13.9. The lowest BCUT2D eigenvalue weighted by Gasteiger charge is -2.09. The molecule has 0 saturated heterocycles. The second-order valence-electron chi connectivity index (χ2n) is 6.91. The number of thioether (sulfide) groups is 1. The molecule has 3 rings (SSSR count). The number of hydrazone groups is 1. The number of rotatable bonds is 7. The van der Waals surface area contributed by atoms with Gasteiger partial charge in [-0.15, -0.1) is 11.8 Å². The molecule has 0 atom stereocenters. The number of benzene rings is 2. The summed E-state index contributed by atoms with van der Waals surface area (Å²) in [6.07, 6.45) is 1.71. The predicted molar refractivity (Wildman–Crippen MR) is 126 cm³/mol. The molecular weight excluding hydrogens is 446 g/mol. The van der Waals surface area contributed by atoms with E-state index in [4.69, 9.17) is 0 Å². The maximum Gasteiger partial charge on any atom is 0.250 e. The average molecular weight is 470 g/mol. The molecule has 0 aliphatic carbocycles. The lowest BCUT2D eigenvalue weighted by molar-refractivity contribution is -0.118. The molecule has 1 aromatic heterocycles. The Labute approximate surface area is 184 Å². The molecule has 0 spiro atoms. The Bertz CT molecular complexity index is 1030. The molecule has 1 heterocycles. The van der Waals surface area contributed by atoms with Crippen LogP contribution in [0.4, 0.5) is 0 Å². The van der Waals surface area contributed by atoms with Gasteiger partial charge in [0.2, 0.25) is 5.91 Å². The third-order valence-corrected chi connectivity index (χ3v) is 6.04. The van der Waals surface area contributed by atoms with Crippen LogP contribution >= 0.6 is 27.7 Å². The van der Waals surface area contributed by atoms with E-state index in [0.29, 0.717) is 5.75 Å². The normalized spacial score (nSPS) is 11.2. The number of halogens is 1. The molecule has 1 N–H and O–H groups in total. The van der Waals surface area contributed by atoms with Crippen molar-refractivity contribution in [2.45, 2.75) is 26.5 Å². The average Bonchev–Trinajstić information content (AvgIpc) is 2.96. The van der Waals surface area contributed by atoms with Crippen molar-refractivity contribution < 1.29 is 4.79 Å². The fourth-order valence-electron chi connectivity index (χ4n) is 3.10. The Kier molecular flexibility index (Phi) is 7.34. The molecule has 0 unspecified atom stereocenters. The summed E-state index contributed by atoms with van der Waals surface area (Å²) in [5.41, 5.74) is 9.38. The minimum Gasteiger partial charge on any atom is -0.318 e. The lowest BCUT2D eigenvalue weighted by Crippen LogP contribution is -2.19. The molecule has 1 amide bonds. The number of nitrogens with zero attached hydrogens (tertiary/aromatic N) is 2. The number of aryl methyl sites for hydroxylation is 2. The first kappa shape index (κ1) is 21.4. The van der Waals surface area contributed by atoms with Gasteiger partial charge in [-0.25, -0.2) is 5.43 Å². The van der Waals surface area contributed by atoms with Crippen molar-refractivity contribution >= 4 is 39.8 Å².